The SMILES string of the molecule is C/C1=C2/[N-][C@H]([C@H](CC(N)=O)[C@@]2(C)CCC(=O)NC[C@@H](C)OP(=O)([O-])O[C@H]2C(O)[C@@H](N3C[N-]C4CC(C)C(C)CC43)O[C@@H]2CO)[C@]2(C)N=C(/C(C)=C3N=C(/C=C4N=C1[C@@H](CCC(N)=O)C\4(C)C)[C@@H](CCC(N)=O)[C@]\3(C)CC(N)=O)[C@@H](CCC(N)=O)[C@]2(C)CC(N)=O.[CH2-][C@H]1O[C@@H](n2cnc3c(N)ncnc32)[C@H](O)[C@@H]1O.[Co+3]. The average Bonchev–Trinajstić information content (AvgIpc) is 1.53. The van der Waals surface area contributed by atoms with Crippen molar-refractivity contribution in [3.8, 4) is 0 Å². The van der Waals surface area contributed by atoms with Crippen molar-refractivity contribution in [3.05, 3.63) is 64.5 Å². The minimum absolute atomic E-state index is 0. The molecule has 8 bridgehead atoms. The van der Waals surface area contributed by atoms with Crippen LogP contribution in [0.25, 0.3) is 21.8 Å². The summed E-state index contributed by atoms with van der Waals surface area (Å²) in [5, 5.41) is 54.6. The molecule has 7 amide bonds. The van der Waals surface area contributed by atoms with Crippen LogP contribution in [0.15, 0.2) is 61.9 Å². The summed E-state index contributed by atoms with van der Waals surface area (Å²) in [5.74, 6) is -6.25. The predicted molar refractivity (Wildman–Crippen MR) is 393 cm³/mol. The molecule has 8 aliphatic heterocycles. The number of nitrogens with one attached hydrogen (secondary N) is 1. The number of amides is 7. The normalized spacial score (nSPS) is 37.8. The van der Waals surface area contributed by atoms with Crippen molar-refractivity contribution in [3.63, 3.8) is 0 Å². The van der Waals surface area contributed by atoms with Crippen molar-refractivity contribution in [1.82, 2.24) is 29.7 Å². The second-order valence-corrected chi connectivity index (χ2v) is 33.8. The first-order valence-electron chi connectivity index (χ1n) is 36.8. The molecule has 23 atom stereocenters. The third-order valence-corrected chi connectivity index (χ3v) is 26.0. The van der Waals surface area contributed by atoms with Crippen molar-refractivity contribution < 1.29 is 98.7 Å². The fourth-order valence-electron chi connectivity index (χ4n) is 18.6. The van der Waals surface area contributed by atoms with E-state index in [0.717, 1.165) is 12.8 Å². The van der Waals surface area contributed by atoms with Crippen LogP contribution in [0.4, 0.5) is 5.82 Å². The minimum Gasteiger partial charge on any atom is -0.756 e. The van der Waals surface area contributed by atoms with Gasteiger partial charge in [0.05, 0.1) is 36.4 Å². The van der Waals surface area contributed by atoms with Crippen LogP contribution in [-0.2, 0) is 73.4 Å². The van der Waals surface area contributed by atoms with E-state index in [1.165, 1.54) is 24.1 Å². The van der Waals surface area contributed by atoms with Crippen LogP contribution in [0, 0.1) is 64.1 Å². The maximum absolute atomic E-state index is 14.4. The monoisotopic (exact) mass is 1590 g/mol. The number of anilines is 1. The van der Waals surface area contributed by atoms with E-state index in [2.05, 4.69) is 41.0 Å². The summed E-state index contributed by atoms with van der Waals surface area (Å²) in [4.78, 5) is 137. The molecule has 19 N–H and O–H groups in total. The van der Waals surface area contributed by atoms with Crippen LogP contribution < -0.4 is 50.3 Å². The van der Waals surface area contributed by atoms with Gasteiger partial charge < -0.3 is 107 Å². The molecule has 11 rings (SSSR count). The molecule has 2 aromatic heterocycles. The number of aliphatic hydroxyl groups is 4. The van der Waals surface area contributed by atoms with Gasteiger partial charge >= 0.3 is 16.8 Å². The number of imidazole rings is 1. The topological polar surface area (TPSA) is 584 Å². The number of carbonyl (C=O) groups excluding carboxylic acids is 7. The number of aliphatic hydroxyl groups excluding tert-OH is 4. The third-order valence-electron chi connectivity index (χ3n) is 24.9. The molecule has 602 valence electrons. The van der Waals surface area contributed by atoms with E-state index in [-0.39, 0.29) is 119 Å². The number of fused-ring (bicyclic) bond motifs is 8. The molecule has 1 aliphatic carbocycles. The number of allylic oxidation sites excluding steroid dienone is 6. The minimum atomic E-state index is -5.28. The predicted octanol–water partition coefficient (Wildman–Crippen LogP) is 1.79. The van der Waals surface area contributed by atoms with Crippen molar-refractivity contribution in [2.75, 3.05) is 25.6 Å². The molecule has 4 saturated heterocycles. The van der Waals surface area contributed by atoms with E-state index in [0.29, 0.717) is 68.4 Å². The number of phosphoric ester groups is 1. The van der Waals surface area contributed by atoms with Gasteiger partial charge in [-0.15, -0.1) is 6.04 Å². The Morgan fingerprint density at radius 1 is 0.780 bits per heavy atom. The first-order valence-corrected chi connectivity index (χ1v) is 38.3. The average molecular weight is 1590 g/mol. The van der Waals surface area contributed by atoms with Crippen LogP contribution in [-0.4, -0.2) is 196 Å². The van der Waals surface area contributed by atoms with Crippen LogP contribution in [0.1, 0.15) is 166 Å². The van der Waals surface area contributed by atoms with E-state index in [9.17, 15) is 63.4 Å². The van der Waals surface area contributed by atoms with Gasteiger partial charge in [-0.3, -0.25) is 62.6 Å². The maximum Gasteiger partial charge on any atom is 3.00 e. The molecule has 0 aromatic carbocycles. The van der Waals surface area contributed by atoms with Crippen molar-refractivity contribution in [2.24, 2.45) is 107 Å². The number of nitrogens with zero attached hydrogens (tertiary/aromatic N) is 10. The smallest absolute Gasteiger partial charge is 0.756 e. The van der Waals surface area contributed by atoms with Crippen molar-refractivity contribution >= 4 is 83.3 Å². The fourth-order valence-corrected chi connectivity index (χ4v) is 19.7. The number of primary amides is 6. The molecule has 9 aliphatic rings. The Hall–Kier alpha value is -7.03. The van der Waals surface area contributed by atoms with Gasteiger partial charge in [-0.1, -0.05) is 67.6 Å². The second-order valence-electron chi connectivity index (χ2n) is 32.4. The summed E-state index contributed by atoms with van der Waals surface area (Å²) in [6.45, 7) is 23.5. The molecule has 109 heavy (non-hydrogen) atoms. The van der Waals surface area contributed by atoms with Gasteiger partial charge in [0.2, 0.25) is 41.4 Å². The zero-order valence-electron chi connectivity index (χ0n) is 63.5. The maximum atomic E-state index is 14.4. The largest absolute Gasteiger partial charge is 3.00 e. The Bertz CT molecular complexity index is 4120. The quantitative estimate of drug-likeness (QED) is 0.0448. The van der Waals surface area contributed by atoms with Gasteiger partial charge in [-0.2, -0.15) is 5.70 Å². The number of hydrogen-bond donors (Lipinski definition) is 12. The first-order chi connectivity index (χ1) is 50.4. The zero-order chi connectivity index (χ0) is 79.6. The van der Waals surface area contributed by atoms with Crippen LogP contribution in [0.5, 0.6) is 0 Å². The van der Waals surface area contributed by atoms with Crippen LogP contribution in [0.3, 0.4) is 0 Å². The number of ether oxygens (including phenoxy) is 2. The van der Waals surface area contributed by atoms with Crippen LogP contribution >= 0.6 is 7.82 Å². The van der Waals surface area contributed by atoms with E-state index < -0.39 is 168 Å². The molecule has 0 spiro atoms. The summed E-state index contributed by atoms with van der Waals surface area (Å²) in [6.07, 6.45) is -4.90. The number of nitrogen functional groups attached to an aromatic ring is 1. The number of phosphoric acid groups is 1. The Balaban J connectivity index is 0.000000623. The van der Waals surface area contributed by atoms with Gasteiger partial charge in [-0.05, 0) is 112 Å². The fraction of sp³-hybridized carbons (Fsp3) is 0.694. The summed E-state index contributed by atoms with van der Waals surface area (Å²) in [7, 11) is -5.28. The Morgan fingerprint density at radius 3 is 2.00 bits per heavy atom. The van der Waals surface area contributed by atoms with E-state index in [1.807, 2.05) is 59.4 Å². The first kappa shape index (κ1) is 86.0. The molecular formula is C72H107CoN18O17P-. The number of rotatable bonds is 27. The van der Waals surface area contributed by atoms with Crippen molar-refractivity contribution in [2.45, 2.75) is 238 Å². The summed E-state index contributed by atoms with van der Waals surface area (Å²) >= 11 is 0. The van der Waals surface area contributed by atoms with Gasteiger partial charge in [0.15, 0.2) is 17.7 Å². The molecule has 0 radical (unpaired) electrons. The Morgan fingerprint density at radius 2 is 1.40 bits per heavy atom. The van der Waals surface area contributed by atoms with Gasteiger partial charge in [0.25, 0.3) is 7.82 Å². The third kappa shape index (κ3) is 16.8. The summed E-state index contributed by atoms with van der Waals surface area (Å²) in [5.41, 5.74) is 40.2. The summed E-state index contributed by atoms with van der Waals surface area (Å²) < 4.78 is 37.5. The number of aliphatic imine (C=N–C) groups is 3. The zero-order valence-corrected chi connectivity index (χ0v) is 65.5. The molecular weight excluding hydrogens is 1480 g/mol. The Kier molecular flexibility index (Phi) is 26.0. The molecule has 35 nitrogen and oxygen atoms in total. The van der Waals surface area contributed by atoms with Crippen LogP contribution in [0.2, 0.25) is 0 Å². The molecule has 37 heteroatoms. The van der Waals surface area contributed by atoms with E-state index >= 15 is 0 Å². The molecule has 1 saturated carbocycles. The van der Waals surface area contributed by atoms with E-state index in [1.54, 1.807) is 6.92 Å². The van der Waals surface area contributed by atoms with Crippen molar-refractivity contribution in [1.29, 1.82) is 0 Å². The van der Waals surface area contributed by atoms with Gasteiger partial charge in [-0.25, -0.2) is 15.0 Å². The molecule has 5 fully saturated rings. The second kappa shape index (κ2) is 33.0. The van der Waals surface area contributed by atoms with Gasteiger partial charge in [0, 0.05) is 108 Å². The summed E-state index contributed by atoms with van der Waals surface area (Å²) in [6, 6.07) is -1.07. The Labute approximate surface area is 643 Å². The number of nitrogens with two attached hydrogens (primary N) is 7. The van der Waals surface area contributed by atoms with Gasteiger partial charge in [0.1, 0.15) is 42.5 Å². The number of aromatic nitrogens is 4. The molecule has 6 unspecified atom stereocenters. The number of hydrogen-bond acceptors (Lipinski definition) is 25. The number of carbonyl (C=O) groups is 7. The van der Waals surface area contributed by atoms with E-state index in [4.69, 9.17) is 84.3 Å². The molecule has 2 aromatic rings. The molecule has 10 heterocycles. The standard InChI is InChI=1S/C62H97N13O14P.C10H12N5O3.Co/c1-29-20-39-40(21-30(29)2)75(28-70-39)57-52(84)53(41(27-76)87-57)89-90(85,86)88-31(3)26-69-49(83)18-19-59(8)37(22-46(66)80)56-62(11)61(10,25-48(68)82)36(14-17-45(65)79)51(74-62)33(5)55-60(9,24-47(67)81)34(12-15-43(63)77)38(71-55)23-42-58(6,7)35(13-16-44(64)78)50(72-42)32(4)54(59)73-56;1-4-6(16)7(17)10(18-4)15-3-14-5-8(11)12-2-13-9(5)15;/h23,29-31,34-37,39-41,52-53,56-57,76,84H,12-22,24-28H2,1-11H3,(H15,63,64,65,66,67,68,69,71,72,73,74,77,78,79,80,81,82,83,85,86);2-4,6-7,10,16-17H,1H2,(H2,11,12,13);/q2*-1;+3/p-2/t29?,30?,31-,34-,35-,36-,37+,39?,40?,41-,52?,53-,56-,57+,59-,60+,61+,62+;4-,6-,7-,10-;/m11./s1.